The number of hydrogen-bond acceptors (Lipinski definition) is 6. The monoisotopic (exact) mass is 477 g/mol. The Balaban J connectivity index is 1.42. The van der Waals surface area contributed by atoms with Crippen molar-refractivity contribution < 1.29 is 14.3 Å². The molecular weight excluding hydrogens is 450 g/mol. The van der Waals surface area contributed by atoms with E-state index in [1.54, 1.807) is 7.11 Å². The lowest BCUT2D eigenvalue weighted by atomic mass is 10.0. The molecule has 2 amide bonds. The average molecular weight is 478 g/mol. The maximum absolute atomic E-state index is 12.9. The third kappa shape index (κ3) is 4.97. The Morgan fingerprint density at radius 3 is 2.79 bits per heavy atom. The molecule has 3 heterocycles. The summed E-state index contributed by atoms with van der Waals surface area (Å²) in [5.41, 5.74) is 3.29. The van der Waals surface area contributed by atoms with Crippen LogP contribution in [0.1, 0.15) is 39.5 Å². The summed E-state index contributed by atoms with van der Waals surface area (Å²) < 4.78 is 7.21. The van der Waals surface area contributed by atoms with Crippen LogP contribution in [-0.2, 0) is 35.5 Å². The van der Waals surface area contributed by atoms with Crippen LogP contribution in [0.2, 0.25) is 0 Å². The van der Waals surface area contributed by atoms with Crippen LogP contribution in [-0.4, -0.2) is 39.9 Å². The highest BCUT2D eigenvalue weighted by atomic mass is 32.1. The number of carbonyl (C=O) groups excluding carboxylic acids is 2. The molecule has 0 saturated heterocycles. The molecule has 0 fully saturated rings. The third-order valence-corrected chi connectivity index (χ3v) is 7.12. The first-order valence-corrected chi connectivity index (χ1v) is 12.0. The van der Waals surface area contributed by atoms with Gasteiger partial charge in [0.2, 0.25) is 11.8 Å². The third-order valence-electron chi connectivity index (χ3n) is 5.99. The van der Waals surface area contributed by atoms with E-state index in [9.17, 15) is 14.9 Å². The maximum Gasteiger partial charge on any atom is 0.242 e. The zero-order valence-electron chi connectivity index (χ0n) is 19.6. The van der Waals surface area contributed by atoms with Crippen molar-refractivity contribution in [2.45, 2.75) is 46.2 Å². The van der Waals surface area contributed by atoms with Crippen LogP contribution < -0.4 is 10.1 Å². The predicted octanol–water partition coefficient (Wildman–Crippen LogP) is 3.60. The highest BCUT2D eigenvalue weighted by molar-refractivity contribution is 7.16. The minimum atomic E-state index is -0.153. The fourth-order valence-corrected chi connectivity index (χ4v) is 5.47. The molecule has 3 aromatic rings. The van der Waals surface area contributed by atoms with Crippen LogP contribution in [0, 0.1) is 25.2 Å². The van der Waals surface area contributed by atoms with Gasteiger partial charge in [0.05, 0.1) is 24.9 Å². The molecule has 1 N–H and O–H groups in total. The van der Waals surface area contributed by atoms with Gasteiger partial charge in [-0.3, -0.25) is 9.59 Å². The smallest absolute Gasteiger partial charge is 0.242 e. The number of aryl methyl sites for hydroxylation is 3. The first kappa shape index (κ1) is 23.5. The Bertz CT molecular complexity index is 1270. The van der Waals surface area contributed by atoms with Crippen LogP contribution in [0.25, 0.3) is 0 Å². The molecule has 4 rings (SSSR count). The zero-order valence-corrected chi connectivity index (χ0v) is 20.4. The zero-order chi connectivity index (χ0) is 24.2. The quantitative estimate of drug-likeness (QED) is 0.560. The SMILES string of the molecule is COc1ccccc1CCC(=O)Nc1sc2c(c1C#N)CCN(C(=O)Cn1cc(C)nc1C)C2. The number of thiophene rings is 1. The number of imidazole rings is 1. The molecule has 0 saturated carbocycles. The van der Waals surface area contributed by atoms with Gasteiger partial charge in [0, 0.05) is 24.0 Å². The molecule has 0 atom stereocenters. The average Bonchev–Trinajstić information content (AvgIpc) is 3.34. The highest BCUT2D eigenvalue weighted by Crippen LogP contribution is 2.37. The van der Waals surface area contributed by atoms with E-state index in [1.807, 2.05) is 53.8 Å². The molecule has 8 nitrogen and oxygen atoms in total. The second kappa shape index (κ2) is 10.1. The number of hydrogen-bond donors (Lipinski definition) is 1. The van der Waals surface area contributed by atoms with E-state index in [0.717, 1.165) is 33.3 Å². The van der Waals surface area contributed by atoms with Crippen molar-refractivity contribution in [3.8, 4) is 11.8 Å². The van der Waals surface area contributed by atoms with Gasteiger partial charge in [-0.15, -0.1) is 11.3 Å². The van der Waals surface area contributed by atoms with E-state index >= 15 is 0 Å². The van der Waals surface area contributed by atoms with Gasteiger partial charge in [-0.05, 0) is 43.9 Å². The Morgan fingerprint density at radius 2 is 2.09 bits per heavy atom. The fraction of sp³-hybridized carbons (Fsp3) is 0.360. The molecule has 0 aliphatic carbocycles. The molecule has 1 aliphatic heterocycles. The first-order chi connectivity index (χ1) is 16.4. The van der Waals surface area contributed by atoms with Crippen molar-refractivity contribution in [3.05, 3.63) is 63.5 Å². The molecule has 0 bridgehead atoms. The lowest BCUT2D eigenvalue weighted by Gasteiger charge is -2.27. The van der Waals surface area contributed by atoms with Crippen LogP contribution >= 0.6 is 11.3 Å². The molecule has 1 aliphatic rings. The lowest BCUT2D eigenvalue weighted by molar-refractivity contribution is -0.132. The van der Waals surface area contributed by atoms with Gasteiger partial charge in [-0.2, -0.15) is 5.26 Å². The second-order valence-corrected chi connectivity index (χ2v) is 9.41. The Hall–Kier alpha value is -3.64. The van der Waals surface area contributed by atoms with Crippen LogP contribution in [0.3, 0.4) is 0 Å². The van der Waals surface area contributed by atoms with Crippen molar-refractivity contribution in [2.24, 2.45) is 0 Å². The minimum absolute atomic E-state index is 0.0143. The number of rotatable bonds is 7. The number of fused-ring (bicyclic) bond motifs is 1. The first-order valence-electron chi connectivity index (χ1n) is 11.1. The summed E-state index contributed by atoms with van der Waals surface area (Å²) in [5.74, 6) is 1.43. The van der Waals surface area contributed by atoms with E-state index in [4.69, 9.17) is 4.74 Å². The van der Waals surface area contributed by atoms with Gasteiger partial charge in [0.1, 0.15) is 29.2 Å². The van der Waals surface area contributed by atoms with Crippen LogP contribution in [0.5, 0.6) is 5.75 Å². The standard InChI is InChI=1S/C25H27N5O3S/c1-16-13-30(17(2)27-16)15-24(32)29-11-10-19-20(12-26)25(34-22(19)14-29)28-23(31)9-8-18-6-4-5-7-21(18)33-3/h4-7,13H,8-11,14-15H2,1-3H3,(H,28,31). The van der Waals surface area contributed by atoms with Gasteiger partial charge < -0.3 is 19.5 Å². The summed E-state index contributed by atoms with van der Waals surface area (Å²) in [7, 11) is 1.61. The highest BCUT2D eigenvalue weighted by Gasteiger charge is 2.27. The molecule has 0 spiro atoms. The van der Waals surface area contributed by atoms with Crippen molar-refractivity contribution in [1.29, 1.82) is 5.26 Å². The second-order valence-electron chi connectivity index (χ2n) is 8.30. The summed E-state index contributed by atoms with van der Waals surface area (Å²) in [5, 5.41) is 13.2. The van der Waals surface area contributed by atoms with Crippen molar-refractivity contribution in [1.82, 2.24) is 14.5 Å². The number of nitriles is 1. The Labute approximate surface area is 202 Å². The summed E-state index contributed by atoms with van der Waals surface area (Å²) in [4.78, 5) is 32.7. The summed E-state index contributed by atoms with van der Waals surface area (Å²) in [6, 6.07) is 9.87. The largest absolute Gasteiger partial charge is 0.496 e. The maximum atomic E-state index is 12.9. The number of amides is 2. The van der Waals surface area contributed by atoms with E-state index in [-0.39, 0.29) is 24.8 Å². The molecule has 0 unspecified atom stereocenters. The number of carbonyl (C=O) groups is 2. The van der Waals surface area contributed by atoms with Crippen molar-refractivity contribution in [3.63, 3.8) is 0 Å². The van der Waals surface area contributed by atoms with Crippen molar-refractivity contribution in [2.75, 3.05) is 19.0 Å². The van der Waals surface area contributed by atoms with E-state index in [0.29, 0.717) is 36.5 Å². The number of benzene rings is 1. The number of nitrogens with one attached hydrogen (secondary N) is 1. The molecule has 176 valence electrons. The van der Waals surface area contributed by atoms with Crippen LogP contribution in [0.4, 0.5) is 5.00 Å². The molecule has 1 aromatic carbocycles. The van der Waals surface area contributed by atoms with E-state index in [1.165, 1.54) is 11.3 Å². The predicted molar refractivity (Wildman–Crippen MR) is 130 cm³/mol. The fourth-order valence-electron chi connectivity index (χ4n) is 4.24. The van der Waals surface area contributed by atoms with E-state index < -0.39 is 0 Å². The Morgan fingerprint density at radius 1 is 1.29 bits per heavy atom. The number of ether oxygens (including phenoxy) is 1. The molecule has 9 heteroatoms. The molecule has 0 radical (unpaired) electrons. The summed E-state index contributed by atoms with van der Waals surface area (Å²) >= 11 is 1.39. The van der Waals surface area contributed by atoms with Gasteiger partial charge in [0.15, 0.2) is 0 Å². The number of anilines is 1. The minimum Gasteiger partial charge on any atom is -0.496 e. The summed E-state index contributed by atoms with van der Waals surface area (Å²) in [6.07, 6.45) is 3.29. The topological polar surface area (TPSA) is 100 Å². The van der Waals surface area contributed by atoms with Gasteiger partial charge in [-0.1, -0.05) is 18.2 Å². The lowest BCUT2D eigenvalue weighted by Crippen LogP contribution is -2.37. The van der Waals surface area contributed by atoms with Gasteiger partial charge in [-0.25, -0.2) is 4.98 Å². The molecule has 2 aromatic heterocycles. The van der Waals surface area contributed by atoms with Gasteiger partial charge in [0.25, 0.3) is 0 Å². The number of nitrogens with zero attached hydrogens (tertiary/aromatic N) is 4. The number of aromatic nitrogens is 2. The number of para-hydroxylation sites is 1. The van der Waals surface area contributed by atoms with Crippen LogP contribution in [0.15, 0.2) is 30.5 Å². The van der Waals surface area contributed by atoms with Crippen molar-refractivity contribution >= 4 is 28.2 Å². The van der Waals surface area contributed by atoms with E-state index in [2.05, 4.69) is 16.4 Å². The summed E-state index contributed by atoms with van der Waals surface area (Å²) in [6.45, 7) is 5.02. The molecule has 34 heavy (non-hydrogen) atoms. The van der Waals surface area contributed by atoms with Gasteiger partial charge >= 0.3 is 0 Å². The molecular formula is C25H27N5O3S. The normalized spacial score (nSPS) is 12.7. The number of methoxy groups -OCH3 is 1. The Kier molecular flexibility index (Phi) is 6.98.